The van der Waals surface area contributed by atoms with Crippen molar-refractivity contribution in [2.75, 3.05) is 13.2 Å². The van der Waals surface area contributed by atoms with Crippen LogP contribution in [0, 0.1) is 5.92 Å². The minimum absolute atomic E-state index is 0.0205. The van der Waals surface area contributed by atoms with Gasteiger partial charge in [0.25, 0.3) is 0 Å². The lowest BCUT2D eigenvalue weighted by Gasteiger charge is -2.27. The minimum Gasteiger partial charge on any atom is -0.381 e. The van der Waals surface area contributed by atoms with Crippen molar-refractivity contribution in [3.63, 3.8) is 0 Å². The number of alkyl halides is 5. The fourth-order valence-corrected chi connectivity index (χ4v) is 1.70. The topological polar surface area (TPSA) is 9.23 Å². The first kappa shape index (κ1) is 13.7. The van der Waals surface area contributed by atoms with E-state index in [9.17, 15) is 22.0 Å². The number of rotatable bonds is 4. The van der Waals surface area contributed by atoms with E-state index in [-0.39, 0.29) is 32.0 Å². The van der Waals surface area contributed by atoms with Crippen LogP contribution < -0.4 is 0 Å². The molecule has 0 spiro atoms. The molecule has 0 amide bonds. The minimum atomic E-state index is -4.21. The van der Waals surface area contributed by atoms with E-state index in [0.717, 1.165) is 0 Å². The first-order valence-corrected chi connectivity index (χ1v) is 5.31. The largest absolute Gasteiger partial charge is 0.391 e. The van der Waals surface area contributed by atoms with Gasteiger partial charge in [0.1, 0.15) is 0 Å². The van der Waals surface area contributed by atoms with E-state index in [2.05, 4.69) is 0 Å². The summed E-state index contributed by atoms with van der Waals surface area (Å²) in [7, 11) is 0. The molecule has 1 aliphatic rings. The lowest BCUT2D eigenvalue weighted by molar-refractivity contribution is -0.146. The summed E-state index contributed by atoms with van der Waals surface area (Å²) < 4.78 is 65.5. The summed E-state index contributed by atoms with van der Waals surface area (Å²) in [4.78, 5) is 0. The summed E-state index contributed by atoms with van der Waals surface area (Å²) in [5.41, 5.74) is 0. The highest BCUT2D eigenvalue weighted by atomic mass is 19.4. The molecule has 0 heterocycles. The van der Waals surface area contributed by atoms with Gasteiger partial charge in [0, 0.05) is 19.4 Å². The smallest absolute Gasteiger partial charge is 0.381 e. The molecule has 1 nitrogen and oxygen atoms in total. The molecule has 0 aromatic rings. The Bertz CT molecular complexity index is 204. The number of ether oxygens (including phenoxy) is 1. The van der Waals surface area contributed by atoms with Crippen molar-refractivity contribution in [3.05, 3.63) is 0 Å². The van der Waals surface area contributed by atoms with Crippen molar-refractivity contribution < 1.29 is 26.7 Å². The summed E-state index contributed by atoms with van der Waals surface area (Å²) in [6.07, 6.45) is -4.88. The van der Waals surface area contributed by atoms with Crippen molar-refractivity contribution in [2.24, 2.45) is 5.92 Å². The molecule has 1 aliphatic carbocycles. The van der Waals surface area contributed by atoms with Gasteiger partial charge >= 0.3 is 6.18 Å². The third-order valence-electron chi connectivity index (χ3n) is 2.72. The fraction of sp³-hybridized carbons (Fsp3) is 1.00. The third kappa shape index (κ3) is 5.63. The van der Waals surface area contributed by atoms with E-state index in [0.29, 0.717) is 12.8 Å². The molecule has 0 bridgehead atoms. The summed E-state index contributed by atoms with van der Waals surface area (Å²) in [6.45, 7) is -0.220. The van der Waals surface area contributed by atoms with Gasteiger partial charge in [0.2, 0.25) is 5.92 Å². The van der Waals surface area contributed by atoms with E-state index in [1.54, 1.807) is 0 Å². The Morgan fingerprint density at radius 1 is 1.12 bits per heavy atom. The summed E-state index contributed by atoms with van der Waals surface area (Å²) in [6, 6.07) is 0. The van der Waals surface area contributed by atoms with Gasteiger partial charge in [-0.2, -0.15) is 13.2 Å². The standard InChI is InChI=1S/C10H15F5O/c11-9(12)3-1-8(2-4-9)7-16-6-5-10(13,14)15/h8H,1-7H2. The Morgan fingerprint density at radius 2 is 1.69 bits per heavy atom. The van der Waals surface area contributed by atoms with Crippen LogP contribution in [0.5, 0.6) is 0 Å². The normalized spacial score (nSPS) is 22.3. The first-order chi connectivity index (χ1) is 7.29. The van der Waals surface area contributed by atoms with Gasteiger partial charge in [0.15, 0.2) is 0 Å². The Labute approximate surface area is 91.0 Å². The average molecular weight is 246 g/mol. The Balaban J connectivity index is 2.07. The number of halogens is 5. The highest BCUT2D eigenvalue weighted by Gasteiger charge is 2.35. The van der Waals surface area contributed by atoms with Crippen LogP contribution in [0.1, 0.15) is 32.1 Å². The van der Waals surface area contributed by atoms with Crippen molar-refractivity contribution in [1.29, 1.82) is 0 Å². The molecular weight excluding hydrogens is 231 g/mol. The third-order valence-corrected chi connectivity index (χ3v) is 2.72. The highest BCUT2D eigenvalue weighted by molar-refractivity contribution is 4.77. The predicted octanol–water partition coefficient (Wildman–Crippen LogP) is 3.78. The Morgan fingerprint density at radius 3 is 2.19 bits per heavy atom. The van der Waals surface area contributed by atoms with Crippen molar-refractivity contribution in [1.82, 2.24) is 0 Å². The quantitative estimate of drug-likeness (QED) is 0.541. The van der Waals surface area contributed by atoms with Crippen LogP contribution in [-0.2, 0) is 4.74 Å². The van der Waals surface area contributed by atoms with E-state index in [1.165, 1.54) is 0 Å². The van der Waals surface area contributed by atoms with Gasteiger partial charge in [-0.25, -0.2) is 8.78 Å². The van der Waals surface area contributed by atoms with Crippen molar-refractivity contribution >= 4 is 0 Å². The Hall–Kier alpha value is -0.390. The van der Waals surface area contributed by atoms with E-state index in [4.69, 9.17) is 4.74 Å². The van der Waals surface area contributed by atoms with Gasteiger partial charge in [-0.1, -0.05) is 0 Å². The van der Waals surface area contributed by atoms with Crippen LogP contribution in [0.3, 0.4) is 0 Å². The molecule has 6 heteroatoms. The van der Waals surface area contributed by atoms with Crippen LogP contribution in [0.4, 0.5) is 22.0 Å². The molecule has 96 valence electrons. The zero-order valence-electron chi connectivity index (χ0n) is 8.83. The van der Waals surface area contributed by atoms with Gasteiger partial charge in [-0.15, -0.1) is 0 Å². The molecule has 1 rings (SSSR count). The van der Waals surface area contributed by atoms with E-state index < -0.39 is 18.5 Å². The van der Waals surface area contributed by atoms with Crippen LogP contribution >= 0.6 is 0 Å². The van der Waals surface area contributed by atoms with Gasteiger partial charge in [0.05, 0.1) is 13.0 Å². The maximum atomic E-state index is 12.7. The molecule has 1 saturated carbocycles. The van der Waals surface area contributed by atoms with Gasteiger partial charge in [-0.05, 0) is 18.8 Å². The van der Waals surface area contributed by atoms with Crippen molar-refractivity contribution in [3.8, 4) is 0 Å². The fourth-order valence-electron chi connectivity index (χ4n) is 1.70. The lowest BCUT2D eigenvalue weighted by Crippen LogP contribution is -2.27. The van der Waals surface area contributed by atoms with Crippen molar-refractivity contribution in [2.45, 2.75) is 44.2 Å². The molecule has 0 aliphatic heterocycles. The van der Waals surface area contributed by atoms with Crippen LogP contribution in [0.25, 0.3) is 0 Å². The predicted molar refractivity (Wildman–Crippen MR) is 48.4 cm³/mol. The molecule has 0 radical (unpaired) electrons. The van der Waals surface area contributed by atoms with Crippen LogP contribution in [0.2, 0.25) is 0 Å². The maximum Gasteiger partial charge on any atom is 0.391 e. The molecule has 0 saturated heterocycles. The maximum absolute atomic E-state index is 12.7. The second-order valence-corrected chi connectivity index (χ2v) is 4.24. The average Bonchev–Trinajstić information content (AvgIpc) is 2.13. The van der Waals surface area contributed by atoms with E-state index >= 15 is 0 Å². The SMILES string of the molecule is FC(F)(F)CCOCC1CCC(F)(F)CC1. The monoisotopic (exact) mass is 246 g/mol. The van der Waals surface area contributed by atoms with E-state index in [1.807, 2.05) is 0 Å². The molecule has 0 aromatic carbocycles. The lowest BCUT2D eigenvalue weighted by atomic mass is 9.87. The first-order valence-electron chi connectivity index (χ1n) is 5.31. The summed E-state index contributed by atoms with van der Waals surface area (Å²) in [5, 5.41) is 0. The molecule has 1 fully saturated rings. The Kier molecular flexibility index (Phi) is 4.52. The molecule has 0 N–H and O–H groups in total. The van der Waals surface area contributed by atoms with Gasteiger partial charge in [-0.3, -0.25) is 0 Å². The molecule has 0 atom stereocenters. The number of hydrogen-bond donors (Lipinski definition) is 0. The zero-order chi connectivity index (χ0) is 12.2. The summed E-state index contributed by atoms with van der Waals surface area (Å²) in [5.74, 6) is -2.62. The molecule has 16 heavy (non-hydrogen) atoms. The molecular formula is C10H15F5O. The molecule has 0 unspecified atom stereocenters. The summed E-state index contributed by atoms with van der Waals surface area (Å²) >= 11 is 0. The van der Waals surface area contributed by atoms with Crippen LogP contribution in [-0.4, -0.2) is 25.3 Å². The molecule has 0 aromatic heterocycles. The van der Waals surface area contributed by atoms with Gasteiger partial charge < -0.3 is 4.74 Å². The highest BCUT2D eigenvalue weighted by Crippen LogP contribution is 2.36. The zero-order valence-corrected chi connectivity index (χ0v) is 8.83. The second-order valence-electron chi connectivity index (χ2n) is 4.24. The second kappa shape index (κ2) is 5.29. The van der Waals surface area contributed by atoms with Crippen LogP contribution in [0.15, 0.2) is 0 Å². The number of hydrogen-bond acceptors (Lipinski definition) is 1.